The molecule has 0 N–H and O–H groups in total. The monoisotopic (exact) mass is 379 g/mol. The molecule has 2 aromatic carbocycles. The number of hydrogen-bond donors (Lipinski definition) is 0. The molecule has 5 nitrogen and oxygen atoms in total. The molecule has 1 aromatic heterocycles. The second-order valence-electron chi connectivity index (χ2n) is 7.63. The third-order valence-corrected chi connectivity index (χ3v) is 5.47. The number of carbonyl (C=O) groups is 1. The standard InChI is InChI=1S/C23H29N3O2/c1-3-13-24(14-4-2)17-25-15-18(28-23(25)27)16-26-21-11-7-5-9-19(21)20-10-6-8-12-22(20)26/h5-12,18H,3-4,13-17H2,1-2H3. The molecule has 5 heteroatoms. The van der Waals surface area contributed by atoms with Crippen molar-refractivity contribution in [3.63, 3.8) is 0 Å². The van der Waals surface area contributed by atoms with Crippen LogP contribution in [0.1, 0.15) is 26.7 Å². The second-order valence-corrected chi connectivity index (χ2v) is 7.63. The van der Waals surface area contributed by atoms with Crippen molar-refractivity contribution in [2.45, 2.75) is 39.3 Å². The third kappa shape index (κ3) is 3.59. The first-order chi connectivity index (χ1) is 13.7. The highest BCUT2D eigenvalue weighted by Gasteiger charge is 2.32. The summed E-state index contributed by atoms with van der Waals surface area (Å²) in [6.07, 6.45) is 1.86. The van der Waals surface area contributed by atoms with Crippen molar-refractivity contribution in [2.75, 3.05) is 26.3 Å². The number of benzene rings is 2. The lowest BCUT2D eigenvalue weighted by Gasteiger charge is -2.25. The Morgan fingerprint density at radius 2 is 1.54 bits per heavy atom. The highest BCUT2D eigenvalue weighted by Crippen LogP contribution is 2.29. The average molecular weight is 380 g/mol. The fraction of sp³-hybridized carbons (Fsp3) is 0.435. The smallest absolute Gasteiger partial charge is 0.411 e. The highest BCUT2D eigenvalue weighted by atomic mass is 16.6. The van der Waals surface area contributed by atoms with Crippen LogP contribution in [0.25, 0.3) is 21.8 Å². The van der Waals surface area contributed by atoms with E-state index < -0.39 is 0 Å². The first-order valence-electron chi connectivity index (χ1n) is 10.3. The molecule has 4 rings (SSSR count). The van der Waals surface area contributed by atoms with Crippen LogP contribution >= 0.6 is 0 Å². The van der Waals surface area contributed by atoms with Gasteiger partial charge in [-0.05, 0) is 38.1 Å². The maximum Gasteiger partial charge on any atom is 0.411 e. The Labute approximate surface area is 166 Å². The Kier molecular flexibility index (Phi) is 5.53. The summed E-state index contributed by atoms with van der Waals surface area (Å²) < 4.78 is 8.04. The summed E-state index contributed by atoms with van der Waals surface area (Å²) in [6.45, 7) is 8.35. The molecule has 1 atom stereocenters. The molecule has 1 unspecified atom stereocenters. The topological polar surface area (TPSA) is 37.7 Å². The number of ether oxygens (including phenoxy) is 1. The lowest BCUT2D eigenvalue weighted by molar-refractivity contribution is 0.116. The molecular formula is C23H29N3O2. The molecule has 148 valence electrons. The Bertz CT molecular complexity index is 906. The summed E-state index contributed by atoms with van der Waals surface area (Å²) in [4.78, 5) is 16.6. The zero-order valence-electron chi connectivity index (χ0n) is 16.8. The molecule has 3 aromatic rings. The summed E-state index contributed by atoms with van der Waals surface area (Å²) in [5.74, 6) is 0. The maximum absolute atomic E-state index is 12.5. The van der Waals surface area contributed by atoms with E-state index in [0.717, 1.165) is 25.9 Å². The van der Waals surface area contributed by atoms with E-state index in [4.69, 9.17) is 4.74 Å². The molecule has 1 saturated heterocycles. The van der Waals surface area contributed by atoms with Crippen LogP contribution in [0.2, 0.25) is 0 Å². The van der Waals surface area contributed by atoms with Crippen LogP contribution in [0.5, 0.6) is 0 Å². The van der Waals surface area contributed by atoms with E-state index >= 15 is 0 Å². The lowest BCUT2D eigenvalue weighted by atomic mass is 10.2. The van der Waals surface area contributed by atoms with Gasteiger partial charge >= 0.3 is 6.09 Å². The largest absolute Gasteiger partial charge is 0.442 e. The van der Waals surface area contributed by atoms with Crippen LogP contribution < -0.4 is 0 Å². The van der Waals surface area contributed by atoms with Gasteiger partial charge in [0.2, 0.25) is 0 Å². The molecule has 1 amide bonds. The van der Waals surface area contributed by atoms with E-state index in [2.05, 4.69) is 71.8 Å². The van der Waals surface area contributed by atoms with Crippen molar-refractivity contribution in [2.24, 2.45) is 0 Å². The van der Waals surface area contributed by atoms with Gasteiger partial charge in [-0.1, -0.05) is 50.2 Å². The van der Waals surface area contributed by atoms with Gasteiger partial charge in [0, 0.05) is 21.8 Å². The van der Waals surface area contributed by atoms with Gasteiger partial charge in [0.1, 0.15) is 6.10 Å². The first-order valence-corrected chi connectivity index (χ1v) is 10.3. The number of amides is 1. The van der Waals surface area contributed by atoms with Gasteiger partial charge in [-0.15, -0.1) is 0 Å². The van der Waals surface area contributed by atoms with Crippen LogP contribution in [-0.4, -0.2) is 52.9 Å². The van der Waals surface area contributed by atoms with Gasteiger partial charge in [0.15, 0.2) is 0 Å². The van der Waals surface area contributed by atoms with E-state index in [-0.39, 0.29) is 12.2 Å². The number of hydrogen-bond acceptors (Lipinski definition) is 3. The minimum atomic E-state index is -0.192. The van der Waals surface area contributed by atoms with Crippen LogP contribution in [0.3, 0.4) is 0 Å². The summed E-state index contributed by atoms with van der Waals surface area (Å²) in [6, 6.07) is 16.9. The van der Waals surface area contributed by atoms with Gasteiger partial charge < -0.3 is 9.30 Å². The van der Waals surface area contributed by atoms with Crippen LogP contribution in [-0.2, 0) is 11.3 Å². The minimum absolute atomic E-state index is 0.128. The number of rotatable bonds is 8. The van der Waals surface area contributed by atoms with E-state index in [1.165, 1.54) is 21.8 Å². The van der Waals surface area contributed by atoms with E-state index in [0.29, 0.717) is 19.8 Å². The van der Waals surface area contributed by atoms with Gasteiger partial charge in [-0.2, -0.15) is 0 Å². The van der Waals surface area contributed by atoms with E-state index in [1.54, 1.807) is 0 Å². The SMILES string of the molecule is CCCN(CCC)CN1CC(Cn2c3ccccc3c3ccccc32)OC1=O. The van der Waals surface area contributed by atoms with Crippen molar-refractivity contribution in [1.29, 1.82) is 0 Å². The molecule has 0 bridgehead atoms. The Hall–Kier alpha value is -2.53. The number of para-hydroxylation sites is 2. The predicted molar refractivity (Wildman–Crippen MR) is 113 cm³/mol. The van der Waals surface area contributed by atoms with Gasteiger partial charge in [0.05, 0.1) is 19.8 Å². The second kappa shape index (κ2) is 8.23. The van der Waals surface area contributed by atoms with Crippen molar-refractivity contribution in [1.82, 2.24) is 14.4 Å². The molecule has 0 radical (unpaired) electrons. The molecule has 28 heavy (non-hydrogen) atoms. The minimum Gasteiger partial charge on any atom is -0.442 e. The predicted octanol–water partition coefficient (Wildman–Crippen LogP) is 4.69. The molecule has 1 aliphatic rings. The molecule has 1 aliphatic heterocycles. The maximum atomic E-state index is 12.5. The third-order valence-electron chi connectivity index (χ3n) is 5.47. The normalized spacial score (nSPS) is 17.2. The number of aromatic nitrogens is 1. The lowest BCUT2D eigenvalue weighted by Crippen LogP contribution is -2.39. The fourth-order valence-electron chi connectivity index (χ4n) is 4.32. The number of carbonyl (C=O) groups excluding carboxylic acids is 1. The Balaban J connectivity index is 1.54. The number of fused-ring (bicyclic) bond motifs is 3. The average Bonchev–Trinajstić information content (AvgIpc) is 3.21. The number of nitrogens with zero attached hydrogens (tertiary/aromatic N) is 3. The Morgan fingerprint density at radius 1 is 0.964 bits per heavy atom. The zero-order valence-corrected chi connectivity index (χ0v) is 16.8. The van der Waals surface area contributed by atoms with Crippen molar-refractivity contribution >= 4 is 27.9 Å². The van der Waals surface area contributed by atoms with E-state index in [1.807, 2.05) is 4.90 Å². The zero-order chi connectivity index (χ0) is 19.5. The van der Waals surface area contributed by atoms with Gasteiger partial charge in [0.25, 0.3) is 0 Å². The highest BCUT2D eigenvalue weighted by molar-refractivity contribution is 6.07. The summed E-state index contributed by atoms with van der Waals surface area (Å²) in [5, 5.41) is 2.49. The Morgan fingerprint density at radius 3 is 2.11 bits per heavy atom. The molecule has 1 fully saturated rings. The molecule has 0 saturated carbocycles. The summed E-state index contributed by atoms with van der Waals surface area (Å²) in [5.41, 5.74) is 2.38. The van der Waals surface area contributed by atoms with Crippen molar-refractivity contribution in [3.05, 3.63) is 48.5 Å². The van der Waals surface area contributed by atoms with E-state index in [9.17, 15) is 4.79 Å². The first kappa shape index (κ1) is 18.8. The molecular weight excluding hydrogens is 350 g/mol. The molecule has 0 spiro atoms. The fourth-order valence-corrected chi connectivity index (χ4v) is 4.32. The van der Waals surface area contributed by atoms with Crippen molar-refractivity contribution < 1.29 is 9.53 Å². The van der Waals surface area contributed by atoms with Crippen molar-refractivity contribution in [3.8, 4) is 0 Å². The summed E-state index contributed by atoms with van der Waals surface area (Å²) >= 11 is 0. The van der Waals surface area contributed by atoms with Crippen LogP contribution in [0, 0.1) is 0 Å². The molecule has 0 aliphatic carbocycles. The summed E-state index contributed by atoms with van der Waals surface area (Å²) in [7, 11) is 0. The van der Waals surface area contributed by atoms with Gasteiger partial charge in [-0.25, -0.2) is 4.79 Å². The molecule has 2 heterocycles. The number of cyclic esters (lactones) is 1. The van der Waals surface area contributed by atoms with Gasteiger partial charge in [-0.3, -0.25) is 9.80 Å². The van der Waals surface area contributed by atoms with Crippen LogP contribution in [0.4, 0.5) is 4.79 Å². The quantitative estimate of drug-likeness (QED) is 0.570. The van der Waals surface area contributed by atoms with Crippen LogP contribution in [0.15, 0.2) is 48.5 Å².